The Morgan fingerprint density at radius 3 is 2.31 bits per heavy atom. The molecule has 0 N–H and O–H groups in total. The number of hydrogen-bond acceptors (Lipinski definition) is 4. The van der Waals surface area contributed by atoms with E-state index < -0.39 is 5.60 Å². The maximum absolute atomic E-state index is 12.5. The van der Waals surface area contributed by atoms with Crippen LogP contribution < -0.4 is 4.90 Å². The van der Waals surface area contributed by atoms with Gasteiger partial charge in [0, 0.05) is 37.8 Å². The van der Waals surface area contributed by atoms with Crippen molar-refractivity contribution < 1.29 is 14.3 Å². The molecular weight excluding hydrogens is 328 g/mol. The van der Waals surface area contributed by atoms with Gasteiger partial charge in [0.1, 0.15) is 5.60 Å². The molecule has 1 saturated heterocycles. The summed E-state index contributed by atoms with van der Waals surface area (Å²) in [6, 6.07) is 10.1. The molecule has 1 amide bonds. The van der Waals surface area contributed by atoms with Crippen LogP contribution in [-0.4, -0.2) is 48.1 Å². The molecule has 0 radical (unpaired) electrons. The number of hydrogen-bond donors (Lipinski definition) is 0. The van der Waals surface area contributed by atoms with Crippen LogP contribution in [0.5, 0.6) is 0 Å². The highest BCUT2D eigenvalue weighted by atomic mass is 16.6. The van der Waals surface area contributed by atoms with Gasteiger partial charge < -0.3 is 14.5 Å². The maximum Gasteiger partial charge on any atom is 0.307 e. The van der Waals surface area contributed by atoms with Crippen LogP contribution in [0, 0.1) is 0 Å². The molecule has 0 spiro atoms. The smallest absolute Gasteiger partial charge is 0.307 e. The molecule has 0 aromatic heterocycles. The number of esters is 1. The topological polar surface area (TPSA) is 49.9 Å². The summed E-state index contributed by atoms with van der Waals surface area (Å²) in [7, 11) is 0. The molecule has 144 valence electrons. The highest BCUT2D eigenvalue weighted by molar-refractivity contribution is 5.93. The van der Waals surface area contributed by atoms with Crippen molar-refractivity contribution in [1.29, 1.82) is 0 Å². The third-order valence-corrected chi connectivity index (χ3v) is 4.58. The number of para-hydroxylation sites is 1. The zero-order valence-corrected chi connectivity index (χ0v) is 16.5. The van der Waals surface area contributed by atoms with E-state index in [0.29, 0.717) is 19.4 Å². The minimum absolute atomic E-state index is 0.147. The van der Waals surface area contributed by atoms with Crippen LogP contribution in [0.25, 0.3) is 0 Å². The number of likely N-dealkylation sites (tertiary alicyclic amines) is 1. The maximum atomic E-state index is 12.5. The van der Waals surface area contributed by atoms with Crippen LogP contribution >= 0.6 is 0 Å². The minimum Gasteiger partial charge on any atom is -0.460 e. The normalized spacial score (nSPS) is 16.3. The molecule has 5 heteroatoms. The Hall–Kier alpha value is -1.88. The molecule has 2 rings (SSSR count). The largest absolute Gasteiger partial charge is 0.460 e. The van der Waals surface area contributed by atoms with Crippen molar-refractivity contribution in [2.75, 3.05) is 24.5 Å². The van der Waals surface area contributed by atoms with E-state index in [1.807, 2.05) is 62.9 Å². The Morgan fingerprint density at radius 2 is 1.77 bits per heavy atom. The highest BCUT2D eigenvalue weighted by Crippen LogP contribution is 2.24. The molecule has 0 unspecified atom stereocenters. The van der Waals surface area contributed by atoms with Crippen molar-refractivity contribution >= 4 is 17.6 Å². The van der Waals surface area contributed by atoms with Gasteiger partial charge >= 0.3 is 5.97 Å². The summed E-state index contributed by atoms with van der Waals surface area (Å²) in [5.41, 5.74) is 0.549. The van der Waals surface area contributed by atoms with Crippen LogP contribution in [0.3, 0.4) is 0 Å². The summed E-state index contributed by atoms with van der Waals surface area (Å²) in [5, 5.41) is 0. The molecule has 26 heavy (non-hydrogen) atoms. The van der Waals surface area contributed by atoms with Gasteiger partial charge in [-0.05, 0) is 45.7 Å². The lowest BCUT2D eigenvalue weighted by molar-refractivity contribution is -0.155. The summed E-state index contributed by atoms with van der Waals surface area (Å²) in [6.45, 7) is 10.1. The number of rotatable bonds is 6. The fourth-order valence-electron chi connectivity index (χ4n) is 3.36. The van der Waals surface area contributed by atoms with Gasteiger partial charge in [-0.25, -0.2) is 0 Å². The van der Waals surface area contributed by atoms with Gasteiger partial charge in [0.25, 0.3) is 0 Å². The Bertz CT molecular complexity index is 587. The molecule has 1 aliphatic heterocycles. The van der Waals surface area contributed by atoms with Gasteiger partial charge in [0.2, 0.25) is 5.91 Å². The summed E-state index contributed by atoms with van der Waals surface area (Å²) < 4.78 is 5.37. The first-order valence-corrected chi connectivity index (χ1v) is 9.61. The lowest BCUT2D eigenvalue weighted by Crippen LogP contribution is -2.48. The van der Waals surface area contributed by atoms with E-state index in [1.165, 1.54) is 0 Å². The van der Waals surface area contributed by atoms with Crippen molar-refractivity contribution in [3.05, 3.63) is 30.3 Å². The average Bonchev–Trinajstić information content (AvgIpc) is 2.60. The van der Waals surface area contributed by atoms with Crippen molar-refractivity contribution in [2.45, 2.75) is 65.0 Å². The second-order valence-corrected chi connectivity index (χ2v) is 7.86. The van der Waals surface area contributed by atoms with Gasteiger partial charge in [0.15, 0.2) is 0 Å². The molecule has 1 fully saturated rings. The lowest BCUT2D eigenvalue weighted by atomic mass is 10.0. The average molecular weight is 360 g/mol. The van der Waals surface area contributed by atoms with Crippen LogP contribution in [0.1, 0.15) is 53.4 Å². The number of piperidine rings is 1. The summed E-state index contributed by atoms with van der Waals surface area (Å²) in [6.07, 6.45) is 2.77. The molecule has 1 aromatic rings. The zero-order valence-electron chi connectivity index (χ0n) is 16.5. The van der Waals surface area contributed by atoms with Crippen LogP contribution in [0.2, 0.25) is 0 Å². The van der Waals surface area contributed by atoms with E-state index in [0.717, 1.165) is 31.6 Å². The van der Waals surface area contributed by atoms with E-state index in [9.17, 15) is 9.59 Å². The van der Waals surface area contributed by atoms with Crippen LogP contribution in [0.15, 0.2) is 30.3 Å². The van der Waals surface area contributed by atoms with E-state index in [1.54, 1.807) is 0 Å². The molecule has 0 aliphatic carbocycles. The predicted molar refractivity (Wildman–Crippen MR) is 104 cm³/mol. The van der Waals surface area contributed by atoms with Gasteiger partial charge in [-0.2, -0.15) is 0 Å². The van der Waals surface area contributed by atoms with E-state index in [-0.39, 0.29) is 17.9 Å². The van der Waals surface area contributed by atoms with Crippen molar-refractivity contribution in [3.63, 3.8) is 0 Å². The van der Waals surface area contributed by atoms with Gasteiger partial charge in [-0.15, -0.1) is 0 Å². The number of carbonyl (C=O) groups excluding carboxylic acids is 2. The van der Waals surface area contributed by atoms with Gasteiger partial charge in [-0.1, -0.05) is 25.1 Å². The lowest BCUT2D eigenvalue weighted by Gasteiger charge is -2.38. The van der Waals surface area contributed by atoms with Crippen molar-refractivity contribution in [2.24, 2.45) is 0 Å². The van der Waals surface area contributed by atoms with Gasteiger partial charge in [0.05, 0.1) is 6.42 Å². The third-order valence-electron chi connectivity index (χ3n) is 4.58. The number of amides is 1. The van der Waals surface area contributed by atoms with Crippen molar-refractivity contribution in [1.82, 2.24) is 4.90 Å². The highest BCUT2D eigenvalue weighted by Gasteiger charge is 2.28. The second-order valence-electron chi connectivity index (χ2n) is 7.86. The number of anilines is 1. The zero-order chi connectivity index (χ0) is 19.2. The SMILES string of the molecule is CCC(=O)N(c1ccccc1)C1CCN(CCC(=O)OC(C)(C)C)CC1. The molecule has 0 bridgehead atoms. The molecule has 5 nitrogen and oxygen atoms in total. The Kier molecular flexibility index (Phi) is 7.21. The first-order valence-electron chi connectivity index (χ1n) is 9.61. The predicted octanol–water partition coefficient (Wildman–Crippen LogP) is 3.63. The molecule has 1 heterocycles. The monoisotopic (exact) mass is 360 g/mol. The third kappa shape index (κ3) is 6.13. The van der Waals surface area contributed by atoms with Crippen LogP contribution in [0.4, 0.5) is 5.69 Å². The van der Waals surface area contributed by atoms with Gasteiger partial charge in [-0.3, -0.25) is 9.59 Å². The van der Waals surface area contributed by atoms with E-state index in [4.69, 9.17) is 4.74 Å². The molecule has 0 atom stereocenters. The molecular formula is C21H32N2O3. The first kappa shape index (κ1) is 20.4. The quantitative estimate of drug-likeness (QED) is 0.727. The molecule has 0 saturated carbocycles. The number of carbonyl (C=O) groups is 2. The molecule has 1 aliphatic rings. The second kappa shape index (κ2) is 9.17. The number of benzene rings is 1. The molecule has 1 aromatic carbocycles. The fraction of sp³-hybridized carbons (Fsp3) is 0.619. The van der Waals surface area contributed by atoms with E-state index >= 15 is 0 Å². The summed E-state index contributed by atoms with van der Waals surface area (Å²) in [5.74, 6) is 0.0232. The van der Waals surface area contributed by atoms with E-state index in [2.05, 4.69) is 4.90 Å². The summed E-state index contributed by atoms with van der Waals surface area (Å²) >= 11 is 0. The van der Waals surface area contributed by atoms with Crippen molar-refractivity contribution in [3.8, 4) is 0 Å². The first-order chi connectivity index (χ1) is 12.3. The number of ether oxygens (including phenoxy) is 1. The van der Waals surface area contributed by atoms with Crippen LogP contribution in [-0.2, 0) is 14.3 Å². The minimum atomic E-state index is -0.430. The Morgan fingerprint density at radius 1 is 1.15 bits per heavy atom. The number of nitrogens with zero attached hydrogens (tertiary/aromatic N) is 2. The fourth-order valence-corrected chi connectivity index (χ4v) is 3.36. The summed E-state index contributed by atoms with van der Waals surface area (Å²) in [4.78, 5) is 28.6. The Balaban J connectivity index is 1.88. The Labute approximate surface area is 157 Å². The standard InChI is InChI=1S/C21H32N2O3/c1-5-19(24)23(17-9-7-6-8-10-17)18-11-14-22(15-12-18)16-13-20(25)26-21(2,3)4/h6-10,18H,5,11-16H2,1-4H3.